The lowest BCUT2D eigenvalue weighted by atomic mass is 9.96. The predicted molar refractivity (Wildman–Crippen MR) is 89.9 cm³/mol. The van der Waals surface area contributed by atoms with Crippen LogP contribution in [0.2, 0.25) is 0 Å². The number of hydrogen-bond donors (Lipinski definition) is 1. The minimum Gasteiger partial charge on any atom is -0.339 e. The summed E-state index contributed by atoms with van der Waals surface area (Å²) >= 11 is 0. The molecule has 4 nitrogen and oxygen atoms in total. The van der Waals surface area contributed by atoms with Crippen LogP contribution in [0, 0.1) is 11.6 Å². The molecule has 1 heterocycles. The summed E-state index contributed by atoms with van der Waals surface area (Å²) in [6, 6.07) is 10.9. The normalized spacial score (nSPS) is 15.6. The number of amides is 2. The van der Waals surface area contributed by atoms with Crippen molar-refractivity contribution in [2.45, 2.75) is 25.8 Å². The van der Waals surface area contributed by atoms with Crippen LogP contribution in [0.1, 0.15) is 30.4 Å². The van der Waals surface area contributed by atoms with Crippen molar-refractivity contribution in [2.24, 2.45) is 0 Å². The summed E-state index contributed by atoms with van der Waals surface area (Å²) < 4.78 is 26.4. The minimum atomic E-state index is -0.940. The first kappa shape index (κ1) is 17.1. The highest BCUT2D eigenvalue weighted by Crippen LogP contribution is 2.34. The molecular formula is C19H18F2N2O2. The van der Waals surface area contributed by atoms with Gasteiger partial charge in [-0.2, -0.15) is 0 Å². The van der Waals surface area contributed by atoms with Crippen LogP contribution in [-0.2, 0) is 16.1 Å². The van der Waals surface area contributed by atoms with E-state index in [0.717, 1.165) is 23.4 Å². The van der Waals surface area contributed by atoms with E-state index >= 15 is 0 Å². The van der Waals surface area contributed by atoms with Gasteiger partial charge in [0.1, 0.15) is 0 Å². The number of para-hydroxylation sites is 1. The fourth-order valence-electron chi connectivity index (χ4n) is 3.02. The van der Waals surface area contributed by atoms with Crippen LogP contribution in [0.15, 0.2) is 42.5 Å². The lowest BCUT2D eigenvalue weighted by Gasteiger charge is -2.22. The van der Waals surface area contributed by atoms with Crippen molar-refractivity contribution in [2.75, 3.05) is 11.9 Å². The number of halogens is 2. The molecule has 6 heteroatoms. The van der Waals surface area contributed by atoms with E-state index < -0.39 is 17.6 Å². The number of anilines is 1. The van der Waals surface area contributed by atoms with Crippen LogP contribution >= 0.6 is 0 Å². The number of carbonyl (C=O) groups excluding carboxylic acids is 2. The van der Waals surface area contributed by atoms with Crippen molar-refractivity contribution in [1.82, 2.24) is 4.90 Å². The average Bonchev–Trinajstić information content (AvgIpc) is 2.91. The third-order valence-electron chi connectivity index (χ3n) is 4.38. The van der Waals surface area contributed by atoms with Gasteiger partial charge < -0.3 is 10.2 Å². The molecule has 1 aliphatic heterocycles. The van der Waals surface area contributed by atoms with Crippen LogP contribution < -0.4 is 5.32 Å². The Kier molecular flexibility index (Phi) is 4.79. The third kappa shape index (κ3) is 3.52. The van der Waals surface area contributed by atoms with Crippen LogP contribution in [0.25, 0.3) is 0 Å². The average molecular weight is 344 g/mol. The smallest absolute Gasteiger partial charge is 0.232 e. The van der Waals surface area contributed by atoms with E-state index in [1.165, 1.54) is 11.0 Å². The zero-order valence-electron chi connectivity index (χ0n) is 13.8. The standard InChI is InChI=1S/C19H18F2N2O2/c1-2-23(11-12-7-8-15(20)16(21)9-12)18(24)10-14-13-5-3-4-6-17(13)22-19(14)25/h3-9,14H,2,10-11H2,1H3,(H,22,25)/t14-/m0/s1. The van der Waals surface area contributed by atoms with Gasteiger partial charge in [0.2, 0.25) is 11.8 Å². The lowest BCUT2D eigenvalue weighted by molar-refractivity contribution is -0.133. The molecule has 0 saturated carbocycles. The van der Waals surface area contributed by atoms with Gasteiger partial charge in [-0.1, -0.05) is 24.3 Å². The molecule has 130 valence electrons. The molecule has 0 bridgehead atoms. The van der Waals surface area contributed by atoms with Crippen molar-refractivity contribution >= 4 is 17.5 Å². The molecule has 0 saturated heterocycles. The number of carbonyl (C=O) groups is 2. The zero-order chi connectivity index (χ0) is 18.0. The Morgan fingerprint density at radius 1 is 1.16 bits per heavy atom. The molecule has 0 unspecified atom stereocenters. The highest BCUT2D eigenvalue weighted by Gasteiger charge is 2.33. The van der Waals surface area contributed by atoms with Crippen LogP contribution in [0.3, 0.4) is 0 Å². The fourth-order valence-corrected chi connectivity index (χ4v) is 3.02. The van der Waals surface area contributed by atoms with Gasteiger partial charge in [0.15, 0.2) is 11.6 Å². The molecule has 1 N–H and O–H groups in total. The van der Waals surface area contributed by atoms with Gasteiger partial charge in [0, 0.05) is 25.2 Å². The Morgan fingerprint density at radius 2 is 1.92 bits per heavy atom. The van der Waals surface area contributed by atoms with Gasteiger partial charge in [-0.05, 0) is 36.2 Å². The van der Waals surface area contributed by atoms with Crippen LogP contribution in [0.5, 0.6) is 0 Å². The number of fused-ring (bicyclic) bond motifs is 1. The monoisotopic (exact) mass is 344 g/mol. The first-order chi connectivity index (χ1) is 12.0. The van der Waals surface area contributed by atoms with Gasteiger partial charge in [-0.25, -0.2) is 8.78 Å². The molecule has 1 aliphatic rings. The Hall–Kier alpha value is -2.76. The van der Waals surface area contributed by atoms with E-state index in [1.807, 2.05) is 18.2 Å². The van der Waals surface area contributed by atoms with Crippen molar-refractivity contribution in [1.29, 1.82) is 0 Å². The molecule has 25 heavy (non-hydrogen) atoms. The highest BCUT2D eigenvalue weighted by molar-refractivity contribution is 6.04. The molecule has 2 amide bonds. The minimum absolute atomic E-state index is 0.0420. The van der Waals surface area contributed by atoms with E-state index in [4.69, 9.17) is 0 Å². The maximum atomic E-state index is 13.3. The second kappa shape index (κ2) is 7.01. The molecule has 0 radical (unpaired) electrons. The number of nitrogens with one attached hydrogen (secondary N) is 1. The third-order valence-corrected chi connectivity index (χ3v) is 4.38. The van der Waals surface area contributed by atoms with Crippen LogP contribution in [0.4, 0.5) is 14.5 Å². The summed E-state index contributed by atoms with van der Waals surface area (Å²) in [6.45, 7) is 2.39. The predicted octanol–water partition coefficient (Wildman–Crippen LogP) is 3.44. The summed E-state index contributed by atoms with van der Waals surface area (Å²) in [5.74, 6) is -2.78. The molecule has 3 rings (SSSR count). The summed E-state index contributed by atoms with van der Waals surface area (Å²) in [7, 11) is 0. The number of rotatable bonds is 5. The quantitative estimate of drug-likeness (QED) is 0.903. The molecule has 0 aromatic heterocycles. The van der Waals surface area contributed by atoms with E-state index in [9.17, 15) is 18.4 Å². The van der Waals surface area contributed by atoms with Crippen molar-refractivity contribution in [3.05, 3.63) is 65.2 Å². The zero-order valence-corrected chi connectivity index (χ0v) is 13.8. The topological polar surface area (TPSA) is 49.4 Å². The fraction of sp³-hybridized carbons (Fsp3) is 0.263. The van der Waals surface area contributed by atoms with Gasteiger partial charge in [0.05, 0.1) is 5.92 Å². The summed E-state index contributed by atoms with van der Waals surface area (Å²) in [6.07, 6.45) is 0.0420. The SMILES string of the molecule is CCN(Cc1ccc(F)c(F)c1)C(=O)C[C@@H]1C(=O)Nc2ccccc21. The molecular weight excluding hydrogens is 326 g/mol. The van der Waals surface area contributed by atoms with E-state index in [0.29, 0.717) is 12.1 Å². The molecule has 2 aromatic carbocycles. The maximum Gasteiger partial charge on any atom is 0.232 e. The van der Waals surface area contributed by atoms with Gasteiger partial charge in [-0.15, -0.1) is 0 Å². The van der Waals surface area contributed by atoms with Crippen molar-refractivity contribution in [3.63, 3.8) is 0 Å². The largest absolute Gasteiger partial charge is 0.339 e. The van der Waals surface area contributed by atoms with E-state index in [2.05, 4.69) is 5.32 Å². The van der Waals surface area contributed by atoms with E-state index in [-0.39, 0.29) is 24.8 Å². The Bertz CT molecular complexity index is 823. The Morgan fingerprint density at radius 3 is 2.64 bits per heavy atom. The summed E-state index contributed by atoms with van der Waals surface area (Å²) in [5, 5.41) is 2.77. The molecule has 0 fully saturated rings. The summed E-state index contributed by atoms with van der Waals surface area (Å²) in [4.78, 5) is 26.3. The highest BCUT2D eigenvalue weighted by atomic mass is 19.2. The molecule has 2 aromatic rings. The Balaban J connectivity index is 1.72. The van der Waals surface area contributed by atoms with E-state index in [1.54, 1.807) is 13.0 Å². The first-order valence-electron chi connectivity index (χ1n) is 8.11. The maximum absolute atomic E-state index is 13.3. The second-order valence-corrected chi connectivity index (χ2v) is 5.99. The summed E-state index contributed by atoms with van der Waals surface area (Å²) in [5.41, 5.74) is 2.05. The van der Waals surface area contributed by atoms with Gasteiger partial charge in [0.25, 0.3) is 0 Å². The molecule has 0 aliphatic carbocycles. The molecule has 0 spiro atoms. The number of hydrogen-bond acceptors (Lipinski definition) is 2. The second-order valence-electron chi connectivity index (χ2n) is 5.99. The van der Waals surface area contributed by atoms with Crippen molar-refractivity contribution in [3.8, 4) is 0 Å². The van der Waals surface area contributed by atoms with Crippen molar-refractivity contribution < 1.29 is 18.4 Å². The number of benzene rings is 2. The van der Waals surface area contributed by atoms with Gasteiger partial charge in [-0.3, -0.25) is 9.59 Å². The molecule has 1 atom stereocenters. The van der Waals surface area contributed by atoms with Crippen LogP contribution in [-0.4, -0.2) is 23.3 Å². The van der Waals surface area contributed by atoms with Gasteiger partial charge >= 0.3 is 0 Å². The first-order valence-corrected chi connectivity index (χ1v) is 8.11. The Labute approximate surface area is 144 Å². The number of nitrogens with zero attached hydrogens (tertiary/aromatic N) is 1. The lowest BCUT2D eigenvalue weighted by Crippen LogP contribution is -2.32.